The molecule has 28 heavy (non-hydrogen) atoms. The number of likely N-dealkylation sites (tertiary alicyclic amines) is 1. The van der Waals surface area contributed by atoms with Crippen molar-refractivity contribution in [3.05, 3.63) is 108 Å². The Labute approximate surface area is 173 Å². The van der Waals surface area contributed by atoms with E-state index in [1.165, 1.54) is 0 Å². The molecule has 0 aliphatic carbocycles. The molecule has 2 atom stereocenters. The highest BCUT2D eigenvalue weighted by atomic mass is 79.9. The normalized spacial score (nSPS) is 20.2. The summed E-state index contributed by atoms with van der Waals surface area (Å²) in [5, 5.41) is 9.68. The highest BCUT2D eigenvalue weighted by molar-refractivity contribution is 9.09. The summed E-state index contributed by atoms with van der Waals surface area (Å²) in [7, 11) is 0. The number of rotatable bonds is 5. The van der Waals surface area contributed by atoms with E-state index >= 15 is 0 Å². The number of halogens is 1. The van der Waals surface area contributed by atoms with Crippen molar-refractivity contribution < 1.29 is 9.90 Å². The molecule has 1 aliphatic heterocycles. The number of benzene rings is 3. The van der Waals surface area contributed by atoms with Gasteiger partial charge in [-0.2, -0.15) is 0 Å². The molecule has 142 valence electrons. The van der Waals surface area contributed by atoms with Crippen LogP contribution in [-0.4, -0.2) is 27.5 Å². The van der Waals surface area contributed by atoms with Crippen LogP contribution in [0.1, 0.15) is 23.1 Å². The smallest absolute Gasteiger partial charge is 0.307 e. The van der Waals surface area contributed by atoms with Gasteiger partial charge in [-0.3, -0.25) is 9.69 Å². The van der Waals surface area contributed by atoms with E-state index in [1.54, 1.807) is 0 Å². The molecule has 1 heterocycles. The molecule has 3 aromatic carbocycles. The van der Waals surface area contributed by atoms with E-state index in [4.69, 9.17) is 0 Å². The first kappa shape index (κ1) is 18.9. The molecule has 4 rings (SSSR count). The lowest BCUT2D eigenvalue weighted by Gasteiger charge is -2.45. The molecule has 0 spiro atoms. The summed E-state index contributed by atoms with van der Waals surface area (Å²) in [6.45, 7) is 0.476. The van der Waals surface area contributed by atoms with Crippen molar-refractivity contribution in [1.29, 1.82) is 0 Å². The van der Waals surface area contributed by atoms with Gasteiger partial charge in [-0.25, -0.2) is 0 Å². The number of hydrogen-bond acceptors (Lipinski definition) is 2. The lowest BCUT2D eigenvalue weighted by atomic mass is 9.75. The van der Waals surface area contributed by atoms with Gasteiger partial charge in [0.25, 0.3) is 0 Å². The predicted molar refractivity (Wildman–Crippen MR) is 114 cm³/mol. The summed E-state index contributed by atoms with van der Waals surface area (Å²) >= 11 is 3.80. The van der Waals surface area contributed by atoms with Crippen molar-refractivity contribution in [3.63, 3.8) is 0 Å². The first-order valence-corrected chi connectivity index (χ1v) is 10.4. The van der Waals surface area contributed by atoms with Gasteiger partial charge in [-0.1, -0.05) is 107 Å². The first-order chi connectivity index (χ1) is 13.6. The van der Waals surface area contributed by atoms with Crippen molar-refractivity contribution in [2.45, 2.75) is 16.9 Å². The predicted octanol–water partition coefficient (Wildman–Crippen LogP) is 5.11. The monoisotopic (exact) mass is 435 g/mol. The maximum absolute atomic E-state index is 11.8. The Morgan fingerprint density at radius 3 is 1.54 bits per heavy atom. The van der Waals surface area contributed by atoms with Crippen molar-refractivity contribution in [1.82, 2.24) is 4.90 Å². The molecule has 1 saturated heterocycles. The quantitative estimate of drug-likeness (QED) is 0.344. The summed E-state index contributed by atoms with van der Waals surface area (Å²) in [5.74, 6) is -1.14. The lowest BCUT2D eigenvalue weighted by molar-refractivity contribution is -0.141. The highest BCUT2D eigenvalue weighted by Crippen LogP contribution is 2.47. The fourth-order valence-corrected chi connectivity index (χ4v) is 5.28. The number of hydrogen-bond donors (Lipinski definition) is 1. The topological polar surface area (TPSA) is 40.5 Å². The molecule has 1 N–H and O–H groups in total. The third-order valence-corrected chi connectivity index (χ3v) is 6.46. The van der Waals surface area contributed by atoms with Crippen LogP contribution in [0, 0.1) is 5.92 Å². The maximum Gasteiger partial charge on any atom is 0.307 e. The van der Waals surface area contributed by atoms with Gasteiger partial charge in [-0.15, -0.1) is 0 Å². The molecule has 1 fully saturated rings. The van der Waals surface area contributed by atoms with Crippen LogP contribution in [-0.2, 0) is 10.3 Å². The van der Waals surface area contributed by atoms with Gasteiger partial charge in [0.1, 0.15) is 0 Å². The summed E-state index contributed by atoms with van der Waals surface area (Å²) in [5.41, 5.74) is 2.80. The zero-order valence-corrected chi connectivity index (χ0v) is 17.0. The Bertz CT molecular complexity index is 834. The third kappa shape index (κ3) is 3.17. The van der Waals surface area contributed by atoms with Crippen LogP contribution in [0.2, 0.25) is 0 Å². The molecule has 3 aromatic rings. The zero-order valence-electron chi connectivity index (χ0n) is 15.4. The number of carbonyl (C=O) groups is 1. The maximum atomic E-state index is 11.8. The number of carboxylic acids is 1. The minimum absolute atomic E-state index is 0.0470. The van der Waals surface area contributed by atoms with Crippen LogP contribution >= 0.6 is 15.9 Å². The van der Waals surface area contributed by atoms with Crippen molar-refractivity contribution in [3.8, 4) is 0 Å². The summed E-state index contributed by atoms with van der Waals surface area (Å²) in [6.07, 6.45) is 0.573. The Kier molecular flexibility index (Phi) is 5.33. The van der Waals surface area contributed by atoms with E-state index in [0.717, 1.165) is 16.7 Å². The van der Waals surface area contributed by atoms with Crippen molar-refractivity contribution in [2.24, 2.45) is 5.92 Å². The fourth-order valence-electron chi connectivity index (χ4n) is 4.35. The Balaban J connectivity index is 2.01. The standard InChI is InChI=1S/C24H22BrNO2/c25-22-16-18(23(27)28)17-26(22)24(19-10-4-1-5-11-19,20-12-6-2-7-13-20)21-14-8-3-9-15-21/h1-15,18,22H,16-17H2,(H,27,28). The number of carboxylic acid groups (broad SMARTS) is 1. The van der Waals surface area contributed by atoms with E-state index in [0.29, 0.717) is 13.0 Å². The van der Waals surface area contributed by atoms with E-state index < -0.39 is 17.4 Å². The molecule has 2 unspecified atom stereocenters. The van der Waals surface area contributed by atoms with E-state index in [2.05, 4.69) is 57.2 Å². The number of aliphatic carboxylic acids is 1. The van der Waals surface area contributed by atoms with Crippen molar-refractivity contribution >= 4 is 21.9 Å². The molecule has 4 heteroatoms. The largest absolute Gasteiger partial charge is 0.481 e. The molecule has 1 aliphatic rings. The van der Waals surface area contributed by atoms with Gasteiger partial charge >= 0.3 is 5.97 Å². The van der Waals surface area contributed by atoms with Gasteiger partial charge in [0.05, 0.1) is 16.4 Å². The van der Waals surface area contributed by atoms with E-state index in [9.17, 15) is 9.90 Å². The zero-order chi connectivity index (χ0) is 19.6. The van der Waals surface area contributed by atoms with Crippen LogP contribution in [0.4, 0.5) is 0 Å². The molecule has 0 aromatic heterocycles. The second-order valence-corrected chi connectivity index (χ2v) is 8.22. The van der Waals surface area contributed by atoms with Gasteiger partial charge in [0, 0.05) is 6.54 Å². The van der Waals surface area contributed by atoms with Gasteiger partial charge < -0.3 is 5.11 Å². The van der Waals surface area contributed by atoms with Crippen LogP contribution in [0.3, 0.4) is 0 Å². The molecular weight excluding hydrogens is 414 g/mol. The molecule has 0 radical (unpaired) electrons. The fraction of sp³-hybridized carbons (Fsp3) is 0.208. The number of nitrogens with zero attached hydrogens (tertiary/aromatic N) is 1. The Hall–Kier alpha value is -2.43. The second-order valence-electron chi connectivity index (χ2n) is 7.17. The Morgan fingerprint density at radius 2 is 1.21 bits per heavy atom. The van der Waals surface area contributed by atoms with Crippen molar-refractivity contribution in [2.75, 3.05) is 6.54 Å². The molecule has 0 amide bonds. The van der Waals surface area contributed by atoms with E-state index in [-0.39, 0.29) is 4.95 Å². The highest BCUT2D eigenvalue weighted by Gasteiger charge is 2.49. The van der Waals surface area contributed by atoms with Crippen LogP contribution < -0.4 is 0 Å². The third-order valence-electron chi connectivity index (χ3n) is 5.59. The van der Waals surface area contributed by atoms with Crippen LogP contribution in [0.25, 0.3) is 0 Å². The van der Waals surface area contributed by atoms with Crippen LogP contribution in [0.15, 0.2) is 91.0 Å². The number of alkyl halides is 1. The molecule has 3 nitrogen and oxygen atoms in total. The van der Waals surface area contributed by atoms with Gasteiger partial charge in [0.15, 0.2) is 0 Å². The lowest BCUT2D eigenvalue weighted by Crippen LogP contribution is -2.49. The summed E-state index contributed by atoms with van der Waals surface area (Å²) < 4.78 is 0. The minimum Gasteiger partial charge on any atom is -0.481 e. The minimum atomic E-state index is -0.741. The Morgan fingerprint density at radius 1 is 0.821 bits per heavy atom. The van der Waals surface area contributed by atoms with Gasteiger partial charge in [0.2, 0.25) is 0 Å². The molecule has 0 saturated carbocycles. The van der Waals surface area contributed by atoms with Crippen LogP contribution in [0.5, 0.6) is 0 Å². The molecular formula is C24H22BrNO2. The van der Waals surface area contributed by atoms with E-state index in [1.807, 2.05) is 54.6 Å². The SMILES string of the molecule is O=C(O)C1CC(Br)N(C(c2ccccc2)(c2ccccc2)c2ccccc2)C1. The average Bonchev–Trinajstić information content (AvgIpc) is 3.14. The first-order valence-electron chi connectivity index (χ1n) is 9.44. The summed E-state index contributed by atoms with van der Waals surface area (Å²) in [4.78, 5) is 14.0. The molecule has 0 bridgehead atoms. The summed E-state index contributed by atoms with van der Waals surface area (Å²) in [6, 6.07) is 31.1. The second kappa shape index (κ2) is 7.90. The average molecular weight is 436 g/mol. The van der Waals surface area contributed by atoms with Gasteiger partial charge in [-0.05, 0) is 23.1 Å².